The van der Waals surface area contributed by atoms with E-state index in [0.29, 0.717) is 17.8 Å². The van der Waals surface area contributed by atoms with Crippen LogP contribution in [0.4, 0.5) is 13.2 Å². The minimum atomic E-state index is -4.62. The first kappa shape index (κ1) is 21.6. The molecule has 164 valence electrons. The predicted octanol–water partition coefficient (Wildman–Crippen LogP) is 5.27. The number of hydrogen-bond donors (Lipinski definition) is 0. The lowest BCUT2D eigenvalue weighted by atomic mass is 10.1. The van der Waals surface area contributed by atoms with Gasteiger partial charge in [0.05, 0.1) is 34.8 Å². The summed E-state index contributed by atoms with van der Waals surface area (Å²) in [7, 11) is 0. The molecule has 0 saturated heterocycles. The lowest BCUT2D eigenvalue weighted by Crippen LogP contribution is -2.10. The molecule has 2 aromatic heterocycles. The second-order valence-electron chi connectivity index (χ2n) is 6.79. The molecule has 0 fully saturated rings. The van der Waals surface area contributed by atoms with Crippen molar-refractivity contribution in [3.8, 4) is 16.9 Å². The minimum Gasteiger partial charge on any atom is -0.460 e. The fourth-order valence-corrected chi connectivity index (χ4v) is 3.27. The molecule has 0 bridgehead atoms. The number of rotatable bonds is 6. The molecule has 4 aromatic rings. The van der Waals surface area contributed by atoms with Crippen LogP contribution in [0.3, 0.4) is 0 Å². The van der Waals surface area contributed by atoms with Crippen LogP contribution >= 0.6 is 11.6 Å². The number of para-hydroxylation sites is 1. The molecule has 0 spiro atoms. The van der Waals surface area contributed by atoms with Crippen molar-refractivity contribution in [1.29, 1.82) is 0 Å². The first-order valence-corrected chi connectivity index (χ1v) is 9.86. The quantitative estimate of drug-likeness (QED) is 0.368. The van der Waals surface area contributed by atoms with E-state index in [-0.39, 0.29) is 22.9 Å². The molecule has 0 aliphatic rings. The zero-order valence-electron chi connectivity index (χ0n) is 16.5. The normalized spacial score (nSPS) is 11.5. The maximum atomic E-state index is 13.3. The number of halogens is 4. The summed E-state index contributed by atoms with van der Waals surface area (Å²) >= 11 is 6.19. The van der Waals surface area contributed by atoms with E-state index in [2.05, 4.69) is 10.1 Å². The molecule has 6 nitrogen and oxygen atoms in total. The highest BCUT2D eigenvalue weighted by atomic mass is 35.5. The van der Waals surface area contributed by atoms with Crippen molar-refractivity contribution in [1.82, 2.24) is 19.3 Å². The van der Waals surface area contributed by atoms with E-state index in [1.165, 1.54) is 24.3 Å². The fourth-order valence-electron chi connectivity index (χ4n) is 3.06. The van der Waals surface area contributed by atoms with Gasteiger partial charge in [0.1, 0.15) is 6.61 Å². The molecule has 0 aliphatic carbocycles. The van der Waals surface area contributed by atoms with Crippen LogP contribution in [0.5, 0.6) is 0 Å². The topological polar surface area (TPSA) is 61.9 Å². The molecule has 0 aliphatic heterocycles. The van der Waals surface area contributed by atoms with E-state index in [1.54, 1.807) is 47.6 Å². The first-order valence-electron chi connectivity index (χ1n) is 9.48. The summed E-state index contributed by atoms with van der Waals surface area (Å²) in [5.41, 5.74) is 0.158. The van der Waals surface area contributed by atoms with Crippen molar-refractivity contribution >= 4 is 17.6 Å². The van der Waals surface area contributed by atoms with Crippen molar-refractivity contribution in [2.24, 2.45) is 0 Å². The van der Waals surface area contributed by atoms with Crippen LogP contribution in [0.15, 0.2) is 73.3 Å². The van der Waals surface area contributed by atoms with E-state index in [1.807, 2.05) is 0 Å². The van der Waals surface area contributed by atoms with Gasteiger partial charge in [0.25, 0.3) is 0 Å². The minimum absolute atomic E-state index is 0.158. The summed E-state index contributed by atoms with van der Waals surface area (Å²) in [5.74, 6) is -0.535. The molecule has 0 saturated carbocycles. The van der Waals surface area contributed by atoms with E-state index in [0.717, 1.165) is 10.7 Å². The highest BCUT2D eigenvalue weighted by molar-refractivity contribution is 6.32. The van der Waals surface area contributed by atoms with Gasteiger partial charge in [-0.25, -0.2) is 14.5 Å². The molecule has 32 heavy (non-hydrogen) atoms. The van der Waals surface area contributed by atoms with Gasteiger partial charge in [0.15, 0.2) is 5.69 Å². The third-order valence-electron chi connectivity index (χ3n) is 4.64. The Hall–Kier alpha value is -3.59. The third-order valence-corrected chi connectivity index (χ3v) is 4.96. The summed E-state index contributed by atoms with van der Waals surface area (Å²) in [4.78, 5) is 16.2. The van der Waals surface area contributed by atoms with Crippen LogP contribution in [0.2, 0.25) is 5.02 Å². The number of carbonyl (C=O) groups excluding carboxylic acids is 1. The Morgan fingerprint density at radius 1 is 1.09 bits per heavy atom. The fraction of sp³-hybridized carbons (Fsp3) is 0.136. The largest absolute Gasteiger partial charge is 0.460 e. The Kier molecular flexibility index (Phi) is 6.00. The van der Waals surface area contributed by atoms with Gasteiger partial charge in [-0.3, -0.25) is 0 Å². The zero-order chi connectivity index (χ0) is 22.7. The summed E-state index contributed by atoms with van der Waals surface area (Å²) < 4.78 is 48.1. The second-order valence-corrected chi connectivity index (χ2v) is 7.20. The van der Waals surface area contributed by atoms with E-state index >= 15 is 0 Å². The average Bonchev–Trinajstić information content (AvgIpc) is 3.44. The van der Waals surface area contributed by atoms with Crippen molar-refractivity contribution in [2.75, 3.05) is 6.61 Å². The maximum absolute atomic E-state index is 13.3. The standard InChI is InChI=1S/C22H16ClF3N4O2/c23-17-3-1-2-4-18(17)30-19(13-20(28-30)22(24,25)26)15-5-7-16(8-6-15)21(31)32-12-11-29-10-9-27-14-29/h1-10,13-14H,11-12H2. The number of alkyl halides is 3. The Bertz CT molecular complexity index is 1220. The summed E-state index contributed by atoms with van der Waals surface area (Å²) in [6, 6.07) is 13.5. The molecule has 0 amide bonds. The van der Waals surface area contributed by atoms with E-state index < -0.39 is 17.8 Å². The van der Waals surface area contributed by atoms with Gasteiger partial charge in [-0.1, -0.05) is 35.9 Å². The van der Waals surface area contributed by atoms with Crippen LogP contribution in [0.25, 0.3) is 16.9 Å². The Labute approximate surface area is 185 Å². The lowest BCUT2D eigenvalue weighted by molar-refractivity contribution is -0.141. The number of aromatic nitrogens is 4. The van der Waals surface area contributed by atoms with Crippen LogP contribution in [0.1, 0.15) is 16.1 Å². The van der Waals surface area contributed by atoms with Gasteiger partial charge >= 0.3 is 12.1 Å². The molecular formula is C22H16ClF3N4O2. The van der Waals surface area contributed by atoms with Crippen molar-refractivity contribution in [3.05, 3.63) is 89.6 Å². The SMILES string of the molecule is O=C(OCCn1ccnc1)c1ccc(-c2cc(C(F)(F)F)nn2-c2ccccc2Cl)cc1. The Morgan fingerprint density at radius 2 is 1.84 bits per heavy atom. The van der Waals surface area contributed by atoms with Gasteiger partial charge in [0, 0.05) is 18.0 Å². The molecule has 2 heterocycles. The van der Waals surface area contributed by atoms with E-state index in [9.17, 15) is 18.0 Å². The molecule has 0 atom stereocenters. The Balaban J connectivity index is 1.58. The highest BCUT2D eigenvalue weighted by Crippen LogP contribution is 2.34. The number of benzene rings is 2. The van der Waals surface area contributed by atoms with Crippen LogP contribution in [0, 0.1) is 0 Å². The monoisotopic (exact) mass is 460 g/mol. The highest BCUT2D eigenvalue weighted by Gasteiger charge is 2.35. The number of hydrogen-bond acceptors (Lipinski definition) is 4. The number of imidazole rings is 1. The predicted molar refractivity (Wildman–Crippen MR) is 112 cm³/mol. The molecule has 4 rings (SSSR count). The van der Waals surface area contributed by atoms with Gasteiger partial charge < -0.3 is 9.30 Å². The van der Waals surface area contributed by atoms with Gasteiger partial charge in [-0.2, -0.15) is 18.3 Å². The number of nitrogens with zero attached hydrogens (tertiary/aromatic N) is 4. The summed E-state index contributed by atoms with van der Waals surface area (Å²) in [6.45, 7) is 0.617. The van der Waals surface area contributed by atoms with Crippen LogP contribution in [-0.4, -0.2) is 31.9 Å². The molecular weight excluding hydrogens is 445 g/mol. The summed E-state index contributed by atoms with van der Waals surface area (Å²) in [6.07, 6.45) is 0.359. The van der Waals surface area contributed by atoms with Gasteiger partial charge in [-0.15, -0.1) is 0 Å². The van der Waals surface area contributed by atoms with Crippen molar-refractivity contribution in [2.45, 2.75) is 12.7 Å². The third kappa shape index (κ3) is 4.67. The maximum Gasteiger partial charge on any atom is 0.435 e. The van der Waals surface area contributed by atoms with Gasteiger partial charge in [-0.05, 0) is 30.3 Å². The second kappa shape index (κ2) is 8.88. The number of esters is 1. The van der Waals surface area contributed by atoms with Crippen LogP contribution < -0.4 is 0 Å². The lowest BCUT2D eigenvalue weighted by Gasteiger charge is -2.10. The molecule has 10 heteroatoms. The number of ether oxygens (including phenoxy) is 1. The summed E-state index contributed by atoms with van der Waals surface area (Å²) in [5, 5.41) is 3.97. The molecule has 0 radical (unpaired) electrons. The Morgan fingerprint density at radius 3 is 2.50 bits per heavy atom. The molecule has 2 aromatic carbocycles. The van der Waals surface area contributed by atoms with Crippen LogP contribution in [-0.2, 0) is 17.5 Å². The van der Waals surface area contributed by atoms with E-state index in [4.69, 9.17) is 16.3 Å². The van der Waals surface area contributed by atoms with Crippen molar-refractivity contribution in [3.63, 3.8) is 0 Å². The smallest absolute Gasteiger partial charge is 0.435 e. The average molecular weight is 461 g/mol. The molecule has 0 N–H and O–H groups in total. The van der Waals surface area contributed by atoms with Gasteiger partial charge in [0.2, 0.25) is 0 Å². The molecule has 0 unspecified atom stereocenters. The zero-order valence-corrected chi connectivity index (χ0v) is 17.2. The van der Waals surface area contributed by atoms with Crippen molar-refractivity contribution < 1.29 is 22.7 Å². The first-order chi connectivity index (χ1) is 15.3. The number of carbonyl (C=O) groups is 1.